The van der Waals surface area contributed by atoms with Gasteiger partial charge in [0.2, 0.25) is 0 Å². The van der Waals surface area contributed by atoms with Gasteiger partial charge >= 0.3 is 0 Å². The lowest BCUT2D eigenvalue weighted by Crippen LogP contribution is -2.01. The van der Waals surface area contributed by atoms with Gasteiger partial charge in [0, 0.05) is 35.7 Å². The van der Waals surface area contributed by atoms with Gasteiger partial charge in [0.15, 0.2) is 0 Å². The molecule has 0 atom stereocenters. The number of rotatable bonds is 3. The third-order valence-corrected chi connectivity index (χ3v) is 5.35. The van der Waals surface area contributed by atoms with Crippen molar-refractivity contribution in [3.63, 3.8) is 0 Å². The van der Waals surface area contributed by atoms with Crippen molar-refractivity contribution >= 4 is 10.9 Å². The maximum atomic E-state index is 4.99. The topological polar surface area (TPSA) is 22.8 Å². The van der Waals surface area contributed by atoms with Crippen LogP contribution in [-0.4, -0.2) is 14.1 Å². The van der Waals surface area contributed by atoms with Crippen LogP contribution in [0.5, 0.6) is 0 Å². The Hall–Kier alpha value is -3.59. The van der Waals surface area contributed by atoms with Crippen LogP contribution in [0.1, 0.15) is 11.1 Å². The predicted molar refractivity (Wildman–Crippen MR) is 115 cm³/mol. The number of aryl methyl sites for hydroxylation is 2. The van der Waals surface area contributed by atoms with Crippen LogP contribution in [0.2, 0.25) is 0 Å². The quantitative estimate of drug-likeness (QED) is 0.380. The zero-order valence-electron chi connectivity index (χ0n) is 16.0. The van der Waals surface area contributed by atoms with Crippen molar-refractivity contribution in [1.82, 2.24) is 14.1 Å². The summed E-state index contributed by atoms with van der Waals surface area (Å²) in [5.74, 6) is 0. The van der Waals surface area contributed by atoms with Gasteiger partial charge in [0.1, 0.15) is 0 Å². The molecule has 0 aliphatic carbocycles. The van der Waals surface area contributed by atoms with Crippen LogP contribution in [-0.2, 0) is 0 Å². The molecule has 0 saturated carbocycles. The fraction of sp³-hybridized carbons (Fsp3) is 0.0800. The van der Waals surface area contributed by atoms with Gasteiger partial charge in [-0.2, -0.15) is 0 Å². The van der Waals surface area contributed by atoms with E-state index in [0.717, 1.165) is 33.5 Å². The summed E-state index contributed by atoms with van der Waals surface area (Å²) in [4.78, 5) is 4.99. The zero-order chi connectivity index (χ0) is 19.1. The van der Waals surface area contributed by atoms with Gasteiger partial charge in [0.25, 0.3) is 0 Å². The first-order chi connectivity index (χ1) is 13.7. The van der Waals surface area contributed by atoms with Crippen molar-refractivity contribution in [1.29, 1.82) is 0 Å². The SMILES string of the molecule is Cc1ccc(-c2ccc3cc(-n4cccc4)c(-n4cccc4)cc3n2)cc1C. The van der Waals surface area contributed by atoms with Gasteiger partial charge in [-0.1, -0.05) is 18.2 Å². The number of hydrogen-bond donors (Lipinski definition) is 0. The standard InChI is InChI=1S/C25H21N3/c1-18-7-8-20(15-19(18)2)22-10-9-21-16-24(27-11-3-4-12-27)25(17-23(21)26-22)28-13-5-6-14-28/h3-17H,1-2H3. The van der Waals surface area contributed by atoms with Gasteiger partial charge < -0.3 is 9.13 Å². The lowest BCUT2D eigenvalue weighted by atomic mass is 10.0. The largest absolute Gasteiger partial charge is 0.322 e. The summed E-state index contributed by atoms with van der Waals surface area (Å²) < 4.78 is 4.28. The van der Waals surface area contributed by atoms with E-state index in [1.165, 1.54) is 11.1 Å². The molecule has 0 unspecified atom stereocenters. The third-order valence-electron chi connectivity index (χ3n) is 5.35. The Morgan fingerprint density at radius 2 is 1.29 bits per heavy atom. The Kier molecular flexibility index (Phi) is 3.87. The van der Waals surface area contributed by atoms with Crippen LogP contribution in [0, 0.1) is 13.8 Å². The molecule has 0 saturated heterocycles. The molecular weight excluding hydrogens is 342 g/mol. The van der Waals surface area contributed by atoms with E-state index in [9.17, 15) is 0 Å². The summed E-state index contributed by atoms with van der Waals surface area (Å²) in [5.41, 5.74) is 7.99. The zero-order valence-corrected chi connectivity index (χ0v) is 16.0. The first-order valence-electron chi connectivity index (χ1n) is 9.48. The van der Waals surface area contributed by atoms with Crippen molar-refractivity contribution in [2.75, 3.05) is 0 Å². The summed E-state index contributed by atoms with van der Waals surface area (Å²) in [7, 11) is 0. The van der Waals surface area contributed by atoms with E-state index in [0.29, 0.717) is 0 Å². The Morgan fingerprint density at radius 3 is 1.93 bits per heavy atom. The van der Waals surface area contributed by atoms with Crippen LogP contribution in [0.4, 0.5) is 0 Å². The number of pyridine rings is 1. The number of hydrogen-bond acceptors (Lipinski definition) is 1. The number of aromatic nitrogens is 3. The molecular formula is C25H21N3. The van der Waals surface area contributed by atoms with E-state index < -0.39 is 0 Å². The second-order valence-electron chi connectivity index (χ2n) is 7.21. The highest BCUT2D eigenvalue weighted by atomic mass is 15.0. The minimum Gasteiger partial charge on any atom is -0.322 e. The molecule has 3 nitrogen and oxygen atoms in total. The molecule has 0 aliphatic heterocycles. The van der Waals surface area contributed by atoms with Crippen molar-refractivity contribution in [2.24, 2.45) is 0 Å². The van der Waals surface area contributed by atoms with Crippen LogP contribution < -0.4 is 0 Å². The molecule has 0 N–H and O–H groups in total. The molecule has 2 aromatic carbocycles. The summed E-state index contributed by atoms with van der Waals surface area (Å²) in [5, 5.41) is 1.13. The number of nitrogens with zero attached hydrogens (tertiary/aromatic N) is 3. The van der Waals surface area contributed by atoms with Crippen molar-refractivity contribution in [2.45, 2.75) is 13.8 Å². The fourth-order valence-electron chi connectivity index (χ4n) is 3.61. The molecule has 0 bridgehead atoms. The minimum atomic E-state index is 0.996. The van der Waals surface area contributed by atoms with Crippen LogP contribution in [0.15, 0.2) is 91.5 Å². The molecule has 0 aliphatic rings. The van der Waals surface area contributed by atoms with E-state index in [4.69, 9.17) is 4.98 Å². The van der Waals surface area contributed by atoms with Crippen LogP contribution >= 0.6 is 0 Å². The molecule has 0 amide bonds. The van der Waals surface area contributed by atoms with E-state index in [2.05, 4.69) is 90.2 Å². The van der Waals surface area contributed by atoms with E-state index in [1.54, 1.807) is 0 Å². The molecule has 28 heavy (non-hydrogen) atoms. The first kappa shape index (κ1) is 16.6. The maximum Gasteiger partial charge on any atom is 0.0731 e. The smallest absolute Gasteiger partial charge is 0.0731 e. The van der Waals surface area contributed by atoms with E-state index in [1.807, 2.05) is 24.3 Å². The highest BCUT2D eigenvalue weighted by Crippen LogP contribution is 2.28. The molecule has 3 heterocycles. The summed E-state index contributed by atoms with van der Waals surface area (Å²) in [6.07, 6.45) is 8.29. The summed E-state index contributed by atoms with van der Waals surface area (Å²) >= 11 is 0. The van der Waals surface area contributed by atoms with Crippen molar-refractivity contribution in [3.8, 4) is 22.6 Å². The highest BCUT2D eigenvalue weighted by molar-refractivity contribution is 5.87. The summed E-state index contributed by atoms with van der Waals surface area (Å²) in [6.45, 7) is 4.28. The molecule has 0 spiro atoms. The highest BCUT2D eigenvalue weighted by Gasteiger charge is 2.10. The van der Waals surface area contributed by atoms with Gasteiger partial charge in [-0.15, -0.1) is 0 Å². The maximum absolute atomic E-state index is 4.99. The second-order valence-corrected chi connectivity index (χ2v) is 7.21. The molecule has 5 aromatic rings. The fourth-order valence-corrected chi connectivity index (χ4v) is 3.61. The normalized spacial score (nSPS) is 11.2. The Morgan fingerprint density at radius 1 is 0.643 bits per heavy atom. The molecule has 3 heteroatoms. The molecule has 0 fully saturated rings. The number of fused-ring (bicyclic) bond motifs is 1. The van der Waals surface area contributed by atoms with Crippen LogP contribution in [0.25, 0.3) is 33.5 Å². The first-order valence-corrected chi connectivity index (χ1v) is 9.48. The Bertz CT molecular complexity index is 1260. The third kappa shape index (κ3) is 2.81. The van der Waals surface area contributed by atoms with E-state index in [-0.39, 0.29) is 0 Å². The monoisotopic (exact) mass is 363 g/mol. The lowest BCUT2D eigenvalue weighted by Gasteiger charge is -2.14. The van der Waals surface area contributed by atoms with Gasteiger partial charge in [0.05, 0.1) is 22.6 Å². The predicted octanol–water partition coefficient (Wildman–Crippen LogP) is 6.10. The molecule has 0 radical (unpaired) electrons. The average molecular weight is 363 g/mol. The van der Waals surface area contributed by atoms with E-state index >= 15 is 0 Å². The molecule has 5 rings (SSSR count). The Balaban J connectivity index is 1.71. The minimum absolute atomic E-state index is 0.996. The van der Waals surface area contributed by atoms with Gasteiger partial charge in [-0.05, 0) is 73.5 Å². The van der Waals surface area contributed by atoms with Crippen LogP contribution in [0.3, 0.4) is 0 Å². The average Bonchev–Trinajstić information content (AvgIpc) is 3.43. The number of benzene rings is 2. The van der Waals surface area contributed by atoms with Gasteiger partial charge in [-0.3, -0.25) is 0 Å². The van der Waals surface area contributed by atoms with Crippen molar-refractivity contribution < 1.29 is 0 Å². The van der Waals surface area contributed by atoms with Gasteiger partial charge in [-0.25, -0.2) is 4.98 Å². The Labute approximate surface area is 164 Å². The molecule has 136 valence electrons. The molecule has 3 aromatic heterocycles. The summed E-state index contributed by atoms with van der Waals surface area (Å²) in [6, 6.07) is 23.4. The van der Waals surface area contributed by atoms with Crippen molar-refractivity contribution in [3.05, 3.63) is 103 Å². The lowest BCUT2D eigenvalue weighted by molar-refractivity contribution is 1.01. The second kappa shape index (κ2) is 6.54.